The zero-order chi connectivity index (χ0) is 13.6. The third kappa shape index (κ3) is 1.83. The van der Waals surface area contributed by atoms with Crippen molar-refractivity contribution < 1.29 is 0 Å². The Kier molecular flexibility index (Phi) is 2.82. The Labute approximate surface area is 115 Å². The van der Waals surface area contributed by atoms with E-state index in [0.29, 0.717) is 5.92 Å². The summed E-state index contributed by atoms with van der Waals surface area (Å²) in [4.78, 5) is 0. The number of hydrogen-bond donors (Lipinski definition) is 0. The lowest BCUT2D eigenvalue weighted by Gasteiger charge is -2.17. The Morgan fingerprint density at radius 2 is 1.53 bits per heavy atom. The maximum absolute atomic E-state index is 2.36. The zero-order valence-corrected chi connectivity index (χ0v) is 12.1. The molecule has 0 unspecified atom stereocenters. The van der Waals surface area contributed by atoms with Crippen LogP contribution in [0.15, 0.2) is 42.5 Å². The van der Waals surface area contributed by atoms with Crippen molar-refractivity contribution in [1.82, 2.24) is 0 Å². The molecule has 0 atom stereocenters. The molecule has 0 aliphatic heterocycles. The molecule has 0 N–H and O–H groups in total. The van der Waals surface area contributed by atoms with Gasteiger partial charge in [-0.1, -0.05) is 56.3 Å². The molecule has 0 spiro atoms. The summed E-state index contributed by atoms with van der Waals surface area (Å²) in [5.74, 6) is 0.580. The summed E-state index contributed by atoms with van der Waals surface area (Å²) in [6, 6.07) is 15.5. The Morgan fingerprint density at radius 1 is 0.789 bits per heavy atom. The highest BCUT2D eigenvalue weighted by atomic mass is 14.2. The van der Waals surface area contributed by atoms with Gasteiger partial charge in [0.05, 0.1) is 0 Å². The number of benzene rings is 3. The molecule has 0 saturated carbocycles. The minimum atomic E-state index is 0.580. The zero-order valence-electron chi connectivity index (χ0n) is 12.1. The van der Waals surface area contributed by atoms with Crippen molar-refractivity contribution in [3.63, 3.8) is 0 Å². The molecule has 0 radical (unpaired) electrons. The number of aryl methyl sites for hydroxylation is 2. The summed E-state index contributed by atoms with van der Waals surface area (Å²) in [5, 5.41) is 5.47. The monoisotopic (exact) mass is 248 g/mol. The van der Waals surface area contributed by atoms with Crippen LogP contribution in [0, 0.1) is 13.8 Å². The molecule has 0 aromatic heterocycles. The summed E-state index contributed by atoms with van der Waals surface area (Å²) < 4.78 is 0. The van der Waals surface area contributed by atoms with Gasteiger partial charge in [0.1, 0.15) is 0 Å². The van der Waals surface area contributed by atoms with Crippen molar-refractivity contribution in [2.24, 2.45) is 0 Å². The van der Waals surface area contributed by atoms with Crippen LogP contribution in [0.2, 0.25) is 0 Å². The fourth-order valence-corrected chi connectivity index (χ4v) is 3.40. The van der Waals surface area contributed by atoms with Gasteiger partial charge in [0, 0.05) is 0 Å². The van der Waals surface area contributed by atoms with E-state index in [1.54, 1.807) is 0 Å². The number of rotatable bonds is 1. The third-order valence-electron chi connectivity index (χ3n) is 4.14. The van der Waals surface area contributed by atoms with Crippen molar-refractivity contribution >= 4 is 21.5 Å². The summed E-state index contributed by atoms with van der Waals surface area (Å²) in [6.07, 6.45) is 0. The average Bonchev–Trinajstić information content (AvgIpc) is 2.38. The van der Waals surface area contributed by atoms with E-state index in [2.05, 4.69) is 70.2 Å². The molecule has 19 heavy (non-hydrogen) atoms. The lowest BCUT2D eigenvalue weighted by Crippen LogP contribution is -1.97. The fourth-order valence-electron chi connectivity index (χ4n) is 3.40. The Morgan fingerprint density at radius 3 is 2.26 bits per heavy atom. The maximum Gasteiger partial charge on any atom is -0.00999 e. The van der Waals surface area contributed by atoms with E-state index in [9.17, 15) is 0 Å². The second kappa shape index (κ2) is 4.38. The van der Waals surface area contributed by atoms with E-state index < -0.39 is 0 Å². The van der Waals surface area contributed by atoms with Crippen LogP contribution in [0.25, 0.3) is 21.5 Å². The number of fused-ring (bicyclic) bond motifs is 3. The first-order chi connectivity index (χ1) is 9.09. The van der Waals surface area contributed by atoms with Crippen LogP contribution in [0.5, 0.6) is 0 Å². The van der Waals surface area contributed by atoms with E-state index >= 15 is 0 Å². The fraction of sp³-hybridized carbons (Fsp3) is 0.263. The van der Waals surface area contributed by atoms with Crippen LogP contribution in [0.4, 0.5) is 0 Å². The molecule has 3 rings (SSSR count). The van der Waals surface area contributed by atoms with Gasteiger partial charge in [0.25, 0.3) is 0 Å². The molecule has 0 bridgehead atoms. The molecule has 3 aromatic carbocycles. The first-order valence-electron chi connectivity index (χ1n) is 7.01. The van der Waals surface area contributed by atoms with Gasteiger partial charge in [0.15, 0.2) is 0 Å². The van der Waals surface area contributed by atoms with Crippen molar-refractivity contribution in [1.29, 1.82) is 0 Å². The predicted molar refractivity (Wildman–Crippen MR) is 85.0 cm³/mol. The predicted octanol–water partition coefficient (Wildman–Crippen LogP) is 5.73. The quantitative estimate of drug-likeness (QED) is 0.482. The first kappa shape index (κ1) is 12.2. The topological polar surface area (TPSA) is 0 Å². The highest BCUT2D eigenvalue weighted by Gasteiger charge is 2.12. The Bertz CT molecular complexity index is 764. The molecule has 0 heterocycles. The molecular weight excluding hydrogens is 228 g/mol. The molecule has 0 saturated heterocycles. The molecule has 0 fully saturated rings. The molecular formula is C19H20. The highest BCUT2D eigenvalue weighted by Crippen LogP contribution is 2.34. The Hall–Kier alpha value is -1.82. The van der Waals surface area contributed by atoms with Gasteiger partial charge < -0.3 is 0 Å². The van der Waals surface area contributed by atoms with Crippen LogP contribution in [-0.2, 0) is 0 Å². The molecule has 0 heteroatoms. The lowest BCUT2D eigenvalue weighted by molar-refractivity contribution is 0.849. The standard InChI is InChI=1S/C19H20/c1-12(2)19-13(3)11-18-16(14(19)4)10-9-15-7-5-6-8-17(15)18/h5-12H,1-4H3. The van der Waals surface area contributed by atoms with Crippen LogP contribution >= 0.6 is 0 Å². The smallest absolute Gasteiger partial charge is 0.00999 e. The SMILES string of the molecule is Cc1cc2c(ccc3ccccc32)c(C)c1C(C)C. The van der Waals surface area contributed by atoms with Gasteiger partial charge in [0.2, 0.25) is 0 Å². The van der Waals surface area contributed by atoms with Gasteiger partial charge in [-0.2, -0.15) is 0 Å². The van der Waals surface area contributed by atoms with E-state index in [0.717, 1.165) is 0 Å². The summed E-state index contributed by atoms with van der Waals surface area (Å²) in [6.45, 7) is 9.06. The van der Waals surface area contributed by atoms with E-state index in [4.69, 9.17) is 0 Å². The van der Waals surface area contributed by atoms with Crippen molar-refractivity contribution in [2.45, 2.75) is 33.6 Å². The average molecular weight is 248 g/mol. The van der Waals surface area contributed by atoms with Gasteiger partial charge in [-0.3, -0.25) is 0 Å². The first-order valence-corrected chi connectivity index (χ1v) is 7.01. The second-order valence-electron chi connectivity index (χ2n) is 5.77. The van der Waals surface area contributed by atoms with E-state index in [1.165, 1.54) is 38.2 Å². The van der Waals surface area contributed by atoms with Crippen molar-refractivity contribution in [3.05, 3.63) is 59.2 Å². The summed E-state index contributed by atoms with van der Waals surface area (Å²) >= 11 is 0. The molecule has 0 aliphatic rings. The Balaban J connectivity index is 2.50. The number of hydrogen-bond acceptors (Lipinski definition) is 0. The minimum Gasteiger partial charge on any atom is -0.0616 e. The third-order valence-corrected chi connectivity index (χ3v) is 4.14. The van der Waals surface area contributed by atoms with Gasteiger partial charge in [-0.15, -0.1) is 0 Å². The molecule has 3 aromatic rings. The van der Waals surface area contributed by atoms with Gasteiger partial charge in [-0.25, -0.2) is 0 Å². The second-order valence-corrected chi connectivity index (χ2v) is 5.77. The van der Waals surface area contributed by atoms with Gasteiger partial charge in [-0.05, 0) is 58.0 Å². The van der Waals surface area contributed by atoms with Crippen LogP contribution in [0.1, 0.15) is 36.5 Å². The summed E-state index contributed by atoms with van der Waals surface area (Å²) in [7, 11) is 0. The maximum atomic E-state index is 2.36. The minimum absolute atomic E-state index is 0.580. The normalized spacial score (nSPS) is 11.6. The lowest BCUT2D eigenvalue weighted by atomic mass is 9.87. The van der Waals surface area contributed by atoms with E-state index in [-0.39, 0.29) is 0 Å². The van der Waals surface area contributed by atoms with Crippen LogP contribution in [-0.4, -0.2) is 0 Å². The summed E-state index contributed by atoms with van der Waals surface area (Å²) in [5.41, 5.74) is 4.36. The molecule has 0 nitrogen and oxygen atoms in total. The van der Waals surface area contributed by atoms with Crippen LogP contribution in [0.3, 0.4) is 0 Å². The molecule has 0 aliphatic carbocycles. The molecule has 96 valence electrons. The largest absolute Gasteiger partial charge is 0.0616 e. The van der Waals surface area contributed by atoms with Crippen molar-refractivity contribution in [3.8, 4) is 0 Å². The van der Waals surface area contributed by atoms with Gasteiger partial charge >= 0.3 is 0 Å². The van der Waals surface area contributed by atoms with Crippen molar-refractivity contribution in [2.75, 3.05) is 0 Å². The van der Waals surface area contributed by atoms with Crippen LogP contribution < -0.4 is 0 Å². The highest BCUT2D eigenvalue weighted by molar-refractivity contribution is 6.09. The van der Waals surface area contributed by atoms with E-state index in [1.807, 2.05) is 0 Å². The molecule has 0 amide bonds.